The number of carbonyl (C=O) groups excluding carboxylic acids is 2. The number of halogens is 1. The van der Waals surface area contributed by atoms with Gasteiger partial charge in [-0.3, -0.25) is 9.59 Å². The zero-order valence-corrected chi connectivity index (χ0v) is 21.3. The van der Waals surface area contributed by atoms with Gasteiger partial charge < -0.3 is 4.90 Å². The predicted molar refractivity (Wildman–Crippen MR) is 148 cm³/mol. The molecule has 174 valence electrons. The summed E-state index contributed by atoms with van der Waals surface area (Å²) >= 11 is 2.00. The first-order valence-electron chi connectivity index (χ1n) is 11.6. The van der Waals surface area contributed by atoms with Crippen molar-refractivity contribution in [1.29, 1.82) is 0 Å². The molecule has 0 saturated carbocycles. The molecule has 4 aromatic rings. The van der Waals surface area contributed by atoms with Crippen molar-refractivity contribution in [2.45, 2.75) is 19.3 Å². The highest BCUT2D eigenvalue weighted by molar-refractivity contribution is 14.1. The van der Waals surface area contributed by atoms with Gasteiger partial charge in [-0.05, 0) is 60.2 Å². The number of nitrogens with zero attached hydrogens (tertiary/aromatic N) is 3. The third-order valence-electron chi connectivity index (χ3n) is 6.22. The highest BCUT2D eigenvalue weighted by atomic mass is 127. The molecule has 0 N–H and O–H groups in total. The van der Waals surface area contributed by atoms with E-state index in [1.807, 2.05) is 101 Å². The number of rotatable bonds is 4. The van der Waals surface area contributed by atoms with Crippen molar-refractivity contribution in [3.8, 4) is 11.1 Å². The second kappa shape index (κ2) is 10.4. The largest absolute Gasteiger partial charge is 0.307 e. The van der Waals surface area contributed by atoms with Crippen LogP contribution in [0.1, 0.15) is 39.3 Å². The van der Waals surface area contributed by atoms with E-state index in [1.54, 1.807) is 21.4 Å². The number of para-hydroxylation sites is 1. The predicted octanol–water partition coefficient (Wildman–Crippen LogP) is 6.73. The minimum Gasteiger partial charge on any atom is -0.307 e. The summed E-state index contributed by atoms with van der Waals surface area (Å²) in [7, 11) is 0. The summed E-state index contributed by atoms with van der Waals surface area (Å²) in [6.45, 7) is 0.673. The molecule has 0 atom stereocenters. The quantitative estimate of drug-likeness (QED) is 0.201. The van der Waals surface area contributed by atoms with Crippen molar-refractivity contribution >= 4 is 46.1 Å². The molecule has 3 aromatic carbocycles. The van der Waals surface area contributed by atoms with Crippen LogP contribution >= 0.6 is 22.9 Å². The van der Waals surface area contributed by atoms with E-state index < -0.39 is 0 Å². The van der Waals surface area contributed by atoms with E-state index >= 15 is 0 Å². The Labute approximate surface area is 218 Å². The number of fused-ring (bicyclic) bond motifs is 1. The normalized spacial score (nSPS) is 13.0. The number of pyridine rings is 1. The number of carbonyl (C=O) groups is 2. The highest BCUT2D eigenvalue weighted by Gasteiger charge is 2.24. The lowest BCUT2D eigenvalue weighted by atomic mass is 9.99. The molecule has 1 aliphatic rings. The molecule has 35 heavy (non-hydrogen) atoms. The maximum Gasteiger partial charge on any atom is 0.276 e. The maximum atomic E-state index is 13.4. The number of hydrogen-bond donors (Lipinski definition) is 0. The van der Waals surface area contributed by atoms with Gasteiger partial charge in [-0.25, -0.2) is 8.10 Å². The van der Waals surface area contributed by atoms with Crippen LogP contribution in [0.5, 0.6) is 0 Å². The van der Waals surface area contributed by atoms with Gasteiger partial charge in [0, 0.05) is 17.8 Å². The molecule has 2 amide bonds. The molecule has 0 unspecified atom stereocenters. The van der Waals surface area contributed by atoms with E-state index in [0.29, 0.717) is 23.5 Å². The van der Waals surface area contributed by atoms with Crippen LogP contribution in [0.4, 0.5) is 11.4 Å². The molecule has 0 saturated heterocycles. The van der Waals surface area contributed by atoms with Crippen LogP contribution in [0.3, 0.4) is 0 Å². The first-order valence-corrected chi connectivity index (χ1v) is 12.6. The van der Waals surface area contributed by atoms with Crippen molar-refractivity contribution in [2.24, 2.45) is 0 Å². The lowest BCUT2D eigenvalue weighted by molar-refractivity contribution is 0.0981. The Kier molecular flexibility index (Phi) is 6.90. The molecule has 0 spiro atoms. The fraction of sp³-hybridized carbons (Fsp3) is 0.138. The lowest BCUT2D eigenvalue weighted by Crippen LogP contribution is -2.32. The number of aromatic nitrogens is 1. The van der Waals surface area contributed by atoms with Crippen molar-refractivity contribution in [3.05, 3.63) is 114 Å². The molecule has 5 nitrogen and oxygen atoms in total. The number of aryl methyl sites for hydroxylation is 1. The molecule has 5 rings (SSSR count). The van der Waals surface area contributed by atoms with Crippen molar-refractivity contribution < 1.29 is 9.59 Å². The Balaban J connectivity index is 1.38. The first kappa shape index (κ1) is 23.2. The summed E-state index contributed by atoms with van der Waals surface area (Å²) in [6.07, 6.45) is 4.58. The molecule has 0 bridgehead atoms. The van der Waals surface area contributed by atoms with Gasteiger partial charge in [0.05, 0.1) is 34.7 Å². The third kappa shape index (κ3) is 4.84. The Bertz CT molecular complexity index is 1360. The molecule has 0 fully saturated rings. The van der Waals surface area contributed by atoms with Crippen LogP contribution in [-0.2, 0) is 6.42 Å². The second-order valence-corrected chi connectivity index (χ2v) is 9.41. The molecule has 1 aromatic heterocycles. The number of amides is 2. The van der Waals surface area contributed by atoms with Crippen molar-refractivity contribution in [2.75, 3.05) is 14.6 Å². The van der Waals surface area contributed by atoms with Crippen LogP contribution in [0, 0.1) is 0 Å². The van der Waals surface area contributed by atoms with Gasteiger partial charge in [-0.2, -0.15) is 0 Å². The number of benzene rings is 3. The fourth-order valence-corrected chi connectivity index (χ4v) is 4.98. The molecule has 0 aliphatic carbocycles. The molecule has 0 radical (unpaired) electrons. The standard InChI is InChI=1S/C29H24IN3O2/c30-33(28(34)25-15-6-5-14-24(25)21-10-2-1-3-11-21)23-17-18-26(31-20-23)29(35)32-19-9-8-13-22-12-4-7-16-27(22)32/h1-7,10-12,14-18,20H,8-9,13,19H2. The van der Waals surface area contributed by atoms with E-state index in [2.05, 4.69) is 11.1 Å². The van der Waals surface area contributed by atoms with Crippen LogP contribution in [0.15, 0.2) is 97.2 Å². The van der Waals surface area contributed by atoms with Gasteiger partial charge in [-0.15, -0.1) is 0 Å². The van der Waals surface area contributed by atoms with Gasteiger partial charge in [0.2, 0.25) is 0 Å². The van der Waals surface area contributed by atoms with E-state index in [0.717, 1.165) is 36.1 Å². The van der Waals surface area contributed by atoms with Crippen molar-refractivity contribution in [3.63, 3.8) is 0 Å². The Morgan fingerprint density at radius 1 is 0.829 bits per heavy atom. The Morgan fingerprint density at radius 3 is 2.37 bits per heavy atom. The van der Waals surface area contributed by atoms with E-state index in [9.17, 15) is 9.59 Å². The van der Waals surface area contributed by atoms with Gasteiger partial charge in [0.15, 0.2) is 0 Å². The average molecular weight is 573 g/mol. The molecule has 1 aliphatic heterocycles. The smallest absolute Gasteiger partial charge is 0.276 e. The van der Waals surface area contributed by atoms with Gasteiger partial charge >= 0.3 is 0 Å². The summed E-state index contributed by atoms with van der Waals surface area (Å²) in [6, 6.07) is 29.0. The molecule has 6 heteroatoms. The second-order valence-electron chi connectivity index (χ2n) is 8.44. The number of anilines is 2. The Morgan fingerprint density at radius 2 is 1.57 bits per heavy atom. The van der Waals surface area contributed by atoms with E-state index in [4.69, 9.17) is 0 Å². The highest BCUT2D eigenvalue weighted by Crippen LogP contribution is 2.30. The minimum absolute atomic E-state index is 0.119. The van der Waals surface area contributed by atoms with E-state index in [-0.39, 0.29) is 11.8 Å². The number of hydrogen-bond acceptors (Lipinski definition) is 3. The van der Waals surface area contributed by atoms with Crippen LogP contribution in [0.25, 0.3) is 11.1 Å². The first-order chi connectivity index (χ1) is 17.1. The lowest BCUT2D eigenvalue weighted by Gasteiger charge is -2.23. The third-order valence-corrected chi connectivity index (χ3v) is 7.21. The Hall–Kier alpha value is -3.52. The fourth-order valence-electron chi connectivity index (χ4n) is 4.43. The zero-order chi connectivity index (χ0) is 24.2. The summed E-state index contributed by atoms with van der Waals surface area (Å²) in [5.41, 5.74) is 5.60. The summed E-state index contributed by atoms with van der Waals surface area (Å²) in [4.78, 5) is 33.0. The monoisotopic (exact) mass is 573 g/mol. The van der Waals surface area contributed by atoms with Crippen LogP contribution in [-0.4, -0.2) is 23.3 Å². The average Bonchev–Trinajstić information content (AvgIpc) is 3.15. The minimum atomic E-state index is -0.146. The topological polar surface area (TPSA) is 53.5 Å². The van der Waals surface area contributed by atoms with E-state index in [1.165, 1.54) is 5.56 Å². The maximum absolute atomic E-state index is 13.4. The summed E-state index contributed by atoms with van der Waals surface area (Å²) < 4.78 is 1.54. The zero-order valence-electron chi connectivity index (χ0n) is 19.1. The van der Waals surface area contributed by atoms with Crippen molar-refractivity contribution in [1.82, 2.24) is 4.98 Å². The van der Waals surface area contributed by atoms with Gasteiger partial charge in [-0.1, -0.05) is 66.7 Å². The molecular weight excluding hydrogens is 549 g/mol. The molecular formula is C29H24IN3O2. The van der Waals surface area contributed by atoms with Crippen LogP contribution < -0.4 is 8.01 Å². The van der Waals surface area contributed by atoms with Crippen LogP contribution in [0.2, 0.25) is 0 Å². The SMILES string of the molecule is O=C(c1ccccc1-c1ccccc1)N(I)c1ccc(C(=O)N2CCCCc3ccccc32)nc1. The van der Waals surface area contributed by atoms with Gasteiger partial charge in [0.25, 0.3) is 11.8 Å². The van der Waals surface area contributed by atoms with Gasteiger partial charge in [0.1, 0.15) is 5.69 Å². The summed E-state index contributed by atoms with van der Waals surface area (Å²) in [5, 5.41) is 0. The summed E-state index contributed by atoms with van der Waals surface area (Å²) in [5.74, 6) is -0.265. The molecule has 2 heterocycles.